The molecule has 1 aromatic heterocycles. The van der Waals surface area contributed by atoms with E-state index in [0.29, 0.717) is 32.7 Å². The molecule has 1 aliphatic heterocycles. The van der Waals surface area contributed by atoms with E-state index in [1.165, 1.54) is 18.2 Å². The van der Waals surface area contributed by atoms with Gasteiger partial charge in [0.05, 0.1) is 12.6 Å². The van der Waals surface area contributed by atoms with Crippen LogP contribution in [0.5, 0.6) is 0 Å². The molecule has 94 valence electrons. The average Bonchev–Trinajstić information content (AvgIpc) is 2.39. The number of aromatic nitrogens is 1. The third-order valence-corrected chi connectivity index (χ3v) is 2.89. The number of carbonyl (C=O) groups is 1. The summed E-state index contributed by atoms with van der Waals surface area (Å²) in [7, 11) is 0. The Kier molecular flexibility index (Phi) is 3.85. The Morgan fingerprint density at radius 3 is 2.72 bits per heavy atom. The lowest BCUT2D eigenvalue weighted by molar-refractivity contribution is 0.0644. The van der Waals surface area contributed by atoms with Crippen LogP contribution in [0.1, 0.15) is 10.5 Å². The summed E-state index contributed by atoms with van der Waals surface area (Å²) in [5.41, 5.74) is 0.128. The Hall–Kier alpha value is -2.00. The van der Waals surface area contributed by atoms with Crippen molar-refractivity contribution in [1.29, 1.82) is 5.26 Å². The minimum Gasteiger partial charge on any atom is -0.335 e. The second kappa shape index (κ2) is 5.56. The zero-order valence-electron chi connectivity index (χ0n) is 9.84. The minimum atomic E-state index is -0.649. The SMILES string of the molecule is N#CCN1CCN(C(=O)c2cccc(F)n2)CC1. The van der Waals surface area contributed by atoms with Gasteiger partial charge in [0.15, 0.2) is 0 Å². The quantitative estimate of drug-likeness (QED) is 0.565. The van der Waals surface area contributed by atoms with Gasteiger partial charge in [0, 0.05) is 26.2 Å². The maximum atomic E-state index is 12.9. The molecule has 0 saturated carbocycles. The summed E-state index contributed by atoms with van der Waals surface area (Å²) >= 11 is 0. The molecule has 1 aliphatic rings. The summed E-state index contributed by atoms with van der Waals surface area (Å²) in [5.74, 6) is -0.907. The van der Waals surface area contributed by atoms with Crippen molar-refractivity contribution in [2.24, 2.45) is 0 Å². The second-order valence-corrected chi connectivity index (χ2v) is 4.07. The predicted molar refractivity (Wildman–Crippen MR) is 62.2 cm³/mol. The maximum Gasteiger partial charge on any atom is 0.272 e. The molecule has 0 aromatic carbocycles. The van der Waals surface area contributed by atoms with Crippen LogP contribution in [0.15, 0.2) is 18.2 Å². The average molecular weight is 248 g/mol. The monoisotopic (exact) mass is 248 g/mol. The molecule has 1 amide bonds. The molecule has 0 aliphatic carbocycles. The van der Waals surface area contributed by atoms with E-state index < -0.39 is 5.95 Å². The third kappa shape index (κ3) is 2.81. The molecule has 6 heteroatoms. The van der Waals surface area contributed by atoms with Gasteiger partial charge < -0.3 is 4.90 Å². The molecular weight excluding hydrogens is 235 g/mol. The Morgan fingerprint density at radius 2 is 2.11 bits per heavy atom. The first-order chi connectivity index (χ1) is 8.70. The van der Waals surface area contributed by atoms with E-state index >= 15 is 0 Å². The molecule has 2 rings (SSSR count). The van der Waals surface area contributed by atoms with E-state index in [2.05, 4.69) is 11.1 Å². The van der Waals surface area contributed by atoms with Gasteiger partial charge in [-0.05, 0) is 12.1 Å². The van der Waals surface area contributed by atoms with Crippen LogP contribution >= 0.6 is 0 Å². The molecule has 0 N–H and O–H groups in total. The number of nitriles is 1. The number of amides is 1. The molecule has 0 unspecified atom stereocenters. The Labute approximate surface area is 104 Å². The van der Waals surface area contributed by atoms with Crippen molar-refractivity contribution in [1.82, 2.24) is 14.8 Å². The largest absolute Gasteiger partial charge is 0.335 e. The minimum absolute atomic E-state index is 0.128. The van der Waals surface area contributed by atoms with Gasteiger partial charge in [0.1, 0.15) is 5.69 Å². The van der Waals surface area contributed by atoms with Crippen molar-refractivity contribution in [3.63, 3.8) is 0 Å². The van der Waals surface area contributed by atoms with E-state index in [-0.39, 0.29) is 11.6 Å². The molecule has 0 atom stereocenters. The molecule has 0 spiro atoms. The van der Waals surface area contributed by atoms with Crippen LogP contribution in [0, 0.1) is 17.3 Å². The fourth-order valence-corrected chi connectivity index (χ4v) is 1.90. The normalized spacial score (nSPS) is 16.3. The number of rotatable bonds is 2. The molecule has 18 heavy (non-hydrogen) atoms. The Bertz CT molecular complexity index is 477. The van der Waals surface area contributed by atoms with Crippen LogP contribution in [0.3, 0.4) is 0 Å². The molecule has 1 saturated heterocycles. The van der Waals surface area contributed by atoms with Crippen LogP contribution in [0.2, 0.25) is 0 Å². The molecule has 5 nitrogen and oxygen atoms in total. The summed E-state index contributed by atoms with van der Waals surface area (Å²) in [6, 6.07) is 6.27. The van der Waals surface area contributed by atoms with Gasteiger partial charge in [0.2, 0.25) is 5.95 Å². The number of hydrogen-bond donors (Lipinski definition) is 0. The van der Waals surface area contributed by atoms with Gasteiger partial charge in [-0.15, -0.1) is 0 Å². The molecule has 0 bridgehead atoms. The lowest BCUT2D eigenvalue weighted by atomic mass is 10.2. The number of hydrogen-bond acceptors (Lipinski definition) is 4. The van der Waals surface area contributed by atoms with Crippen molar-refractivity contribution < 1.29 is 9.18 Å². The van der Waals surface area contributed by atoms with Gasteiger partial charge in [-0.1, -0.05) is 6.07 Å². The van der Waals surface area contributed by atoms with Gasteiger partial charge in [-0.2, -0.15) is 9.65 Å². The molecule has 0 radical (unpaired) electrons. The van der Waals surface area contributed by atoms with Crippen LogP contribution in [0.4, 0.5) is 4.39 Å². The zero-order chi connectivity index (χ0) is 13.0. The zero-order valence-corrected chi connectivity index (χ0v) is 9.84. The van der Waals surface area contributed by atoms with Crippen LogP contribution in [-0.4, -0.2) is 53.4 Å². The number of halogens is 1. The van der Waals surface area contributed by atoms with Crippen LogP contribution in [-0.2, 0) is 0 Å². The van der Waals surface area contributed by atoms with E-state index in [1.807, 2.05) is 4.90 Å². The molecule has 1 fully saturated rings. The van der Waals surface area contributed by atoms with Gasteiger partial charge in [-0.25, -0.2) is 4.98 Å². The Balaban J connectivity index is 1.98. The van der Waals surface area contributed by atoms with Crippen molar-refractivity contribution in [3.05, 3.63) is 29.8 Å². The first kappa shape index (κ1) is 12.5. The Morgan fingerprint density at radius 1 is 1.39 bits per heavy atom. The number of piperazine rings is 1. The van der Waals surface area contributed by atoms with E-state index in [9.17, 15) is 9.18 Å². The summed E-state index contributed by atoms with van der Waals surface area (Å²) in [5, 5.41) is 8.58. The number of nitrogens with zero attached hydrogens (tertiary/aromatic N) is 4. The number of carbonyl (C=O) groups excluding carboxylic acids is 1. The van der Waals surface area contributed by atoms with Gasteiger partial charge in [-0.3, -0.25) is 9.69 Å². The predicted octanol–water partition coefficient (Wildman–Crippen LogP) is 0.502. The number of pyridine rings is 1. The first-order valence-corrected chi connectivity index (χ1v) is 5.72. The topological polar surface area (TPSA) is 60.2 Å². The molecule has 1 aromatic rings. The molecular formula is C12H13FN4O. The lowest BCUT2D eigenvalue weighted by Gasteiger charge is -2.33. The summed E-state index contributed by atoms with van der Waals surface area (Å²) in [6.07, 6.45) is 0. The third-order valence-electron chi connectivity index (χ3n) is 2.89. The van der Waals surface area contributed by atoms with Gasteiger partial charge >= 0.3 is 0 Å². The summed E-state index contributed by atoms with van der Waals surface area (Å²) < 4.78 is 12.9. The highest BCUT2D eigenvalue weighted by atomic mass is 19.1. The molecule has 2 heterocycles. The standard InChI is InChI=1S/C12H13FN4O/c13-11-3-1-2-10(15-11)12(18)17-8-6-16(5-4-14)7-9-17/h1-3H,5-9H2. The maximum absolute atomic E-state index is 12.9. The van der Waals surface area contributed by atoms with E-state index in [0.717, 1.165) is 0 Å². The fraction of sp³-hybridized carbons (Fsp3) is 0.417. The highest BCUT2D eigenvalue weighted by molar-refractivity contribution is 5.92. The van der Waals surface area contributed by atoms with E-state index in [1.54, 1.807) is 4.90 Å². The summed E-state index contributed by atoms with van der Waals surface area (Å²) in [4.78, 5) is 19.2. The van der Waals surface area contributed by atoms with Crippen molar-refractivity contribution in [2.45, 2.75) is 0 Å². The van der Waals surface area contributed by atoms with Crippen molar-refractivity contribution in [2.75, 3.05) is 32.7 Å². The van der Waals surface area contributed by atoms with E-state index in [4.69, 9.17) is 5.26 Å². The highest BCUT2D eigenvalue weighted by Crippen LogP contribution is 2.07. The smallest absolute Gasteiger partial charge is 0.272 e. The van der Waals surface area contributed by atoms with Crippen molar-refractivity contribution >= 4 is 5.91 Å². The summed E-state index contributed by atoms with van der Waals surface area (Å²) in [6.45, 7) is 2.78. The fourth-order valence-electron chi connectivity index (χ4n) is 1.90. The van der Waals surface area contributed by atoms with Gasteiger partial charge in [0.25, 0.3) is 5.91 Å². The second-order valence-electron chi connectivity index (χ2n) is 4.07. The van der Waals surface area contributed by atoms with Crippen LogP contribution < -0.4 is 0 Å². The first-order valence-electron chi connectivity index (χ1n) is 5.72. The highest BCUT2D eigenvalue weighted by Gasteiger charge is 2.22. The van der Waals surface area contributed by atoms with Crippen molar-refractivity contribution in [3.8, 4) is 6.07 Å². The van der Waals surface area contributed by atoms with Crippen LogP contribution in [0.25, 0.3) is 0 Å². The lowest BCUT2D eigenvalue weighted by Crippen LogP contribution is -2.48.